The summed E-state index contributed by atoms with van der Waals surface area (Å²) in [7, 11) is -2.22. The maximum atomic E-state index is 12.9. The van der Waals surface area contributed by atoms with Gasteiger partial charge in [0.05, 0.1) is 10.8 Å². The monoisotopic (exact) mass is 469 g/mol. The molecule has 1 saturated heterocycles. The summed E-state index contributed by atoms with van der Waals surface area (Å²) in [5.74, 6) is -0.294. The van der Waals surface area contributed by atoms with E-state index in [1.807, 2.05) is 19.1 Å². The number of hydrogen-bond acceptors (Lipinski definition) is 4. The van der Waals surface area contributed by atoms with Crippen molar-refractivity contribution < 1.29 is 13.2 Å². The van der Waals surface area contributed by atoms with Crippen LogP contribution in [-0.4, -0.2) is 39.4 Å². The predicted octanol–water partition coefficient (Wildman–Crippen LogP) is 4.06. The van der Waals surface area contributed by atoms with E-state index in [-0.39, 0.29) is 16.7 Å². The highest BCUT2D eigenvalue weighted by Gasteiger charge is 2.27. The van der Waals surface area contributed by atoms with E-state index < -0.39 is 10.0 Å². The predicted molar refractivity (Wildman–Crippen MR) is 121 cm³/mol. The molecule has 162 valence electrons. The summed E-state index contributed by atoms with van der Waals surface area (Å²) in [5.41, 5.74) is 2.29. The standard InChI is InChI=1S/C21H25Cl2N3O3S/c1-14-5-8-18(30(28,29)24-2)11-20(14)25-21(27)16-4-3-9-26(13-16)12-15-6-7-17(22)10-19(15)23/h5-8,10-11,16,24H,3-4,9,12-13H2,1-2H3,(H,25,27)/t16-/m0/s1. The molecule has 0 bridgehead atoms. The van der Waals surface area contributed by atoms with Crippen molar-refractivity contribution in [2.45, 2.75) is 31.2 Å². The minimum absolute atomic E-state index is 0.107. The lowest BCUT2D eigenvalue weighted by Gasteiger charge is -2.32. The molecule has 0 saturated carbocycles. The van der Waals surface area contributed by atoms with Crippen molar-refractivity contribution >= 4 is 44.8 Å². The normalized spacial score (nSPS) is 17.7. The number of aryl methyl sites for hydroxylation is 1. The van der Waals surface area contributed by atoms with Gasteiger partial charge in [-0.3, -0.25) is 9.69 Å². The first kappa shape index (κ1) is 23.0. The topological polar surface area (TPSA) is 78.5 Å². The fraction of sp³-hybridized carbons (Fsp3) is 0.381. The number of likely N-dealkylation sites (tertiary alicyclic amines) is 1. The summed E-state index contributed by atoms with van der Waals surface area (Å²) >= 11 is 12.3. The smallest absolute Gasteiger partial charge is 0.240 e. The molecule has 1 fully saturated rings. The van der Waals surface area contributed by atoms with E-state index in [4.69, 9.17) is 23.2 Å². The molecule has 1 amide bonds. The molecule has 2 aromatic carbocycles. The first-order valence-corrected chi connectivity index (χ1v) is 11.9. The lowest BCUT2D eigenvalue weighted by atomic mass is 9.96. The second-order valence-corrected chi connectivity index (χ2v) is 10.2. The number of piperidine rings is 1. The highest BCUT2D eigenvalue weighted by atomic mass is 35.5. The minimum atomic E-state index is -3.58. The third kappa shape index (κ3) is 5.53. The number of carbonyl (C=O) groups is 1. The number of amides is 1. The van der Waals surface area contributed by atoms with Crippen LogP contribution in [0.15, 0.2) is 41.3 Å². The summed E-state index contributed by atoms with van der Waals surface area (Å²) in [6.45, 7) is 3.98. The van der Waals surface area contributed by atoms with Crippen molar-refractivity contribution in [1.82, 2.24) is 9.62 Å². The molecule has 1 atom stereocenters. The van der Waals surface area contributed by atoms with Crippen molar-refractivity contribution in [3.63, 3.8) is 0 Å². The van der Waals surface area contributed by atoms with E-state index >= 15 is 0 Å². The van der Waals surface area contributed by atoms with Gasteiger partial charge in [-0.1, -0.05) is 35.3 Å². The Morgan fingerprint density at radius 2 is 1.97 bits per heavy atom. The molecule has 0 aromatic heterocycles. The Kier molecular flexibility index (Phi) is 7.42. The van der Waals surface area contributed by atoms with Gasteiger partial charge in [-0.25, -0.2) is 13.1 Å². The Balaban J connectivity index is 1.69. The summed E-state index contributed by atoms with van der Waals surface area (Å²) in [4.78, 5) is 15.2. The third-order valence-corrected chi connectivity index (χ3v) is 7.33. The number of anilines is 1. The Morgan fingerprint density at radius 3 is 2.67 bits per heavy atom. The van der Waals surface area contributed by atoms with Crippen molar-refractivity contribution in [3.05, 3.63) is 57.6 Å². The van der Waals surface area contributed by atoms with Crippen LogP contribution in [0.1, 0.15) is 24.0 Å². The van der Waals surface area contributed by atoms with Crippen LogP contribution in [0.3, 0.4) is 0 Å². The van der Waals surface area contributed by atoms with Crippen LogP contribution in [0.5, 0.6) is 0 Å². The van der Waals surface area contributed by atoms with Gasteiger partial charge in [0.25, 0.3) is 0 Å². The van der Waals surface area contributed by atoms with Gasteiger partial charge in [-0.05, 0) is 68.8 Å². The first-order valence-electron chi connectivity index (χ1n) is 9.71. The van der Waals surface area contributed by atoms with Crippen LogP contribution < -0.4 is 10.0 Å². The van der Waals surface area contributed by atoms with E-state index in [1.165, 1.54) is 19.2 Å². The number of hydrogen-bond donors (Lipinski definition) is 2. The summed E-state index contributed by atoms with van der Waals surface area (Å²) in [6.07, 6.45) is 1.68. The molecule has 30 heavy (non-hydrogen) atoms. The zero-order chi connectivity index (χ0) is 21.9. The summed E-state index contributed by atoms with van der Waals surface area (Å²) in [5, 5.41) is 4.13. The second-order valence-electron chi connectivity index (χ2n) is 7.48. The quantitative estimate of drug-likeness (QED) is 0.668. The number of nitrogens with zero attached hydrogens (tertiary/aromatic N) is 1. The molecule has 1 aliphatic heterocycles. The molecule has 1 heterocycles. The minimum Gasteiger partial charge on any atom is -0.326 e. The molecular weight excluding hydrogens is 445 g/mol. The van der Waals surface area contributed by atoms with Gasteiger partial charge in [0.15, 0.2) is 0 Å². The van der Waals surface area contributed by atoms with Crippen molar-refractivity contribution in [3.8, 4) is 0 Å². The van der Waals surface area contributed by atoms with Crippen LogP contribution in [0.25, 0.3) is 0 Å². The van der Waals surface area contributed by atoms with E-state index in [2.05, 4.69) is 14.9 Å². The highest BCUT2D eigenvalue weighted by Crippen LogP contribution is 2.26. The lowest BCUT2D eigenvalue weighted by molar-refractivity contribution is -0.121. The summed E-state index contributed by atoms with van der Waals surface area (Å²) in [6, 6.07) is 10.1. The maximum Gasteiger partial charge on any atom is 0.240 e. The zero-order valence-electron chi connectivity index (χ0n) is 16.9. The average molecular weight is 470 g/mol. The molecule has 1 aliphatic rings. The molecule has 9 heteroatoms. The molecule has 2 aromatic rings. The van der Waals surface area contributed by atoms with Crippen molar-refractivity contribution in [2.24, 2.45) is 5.92 Å². The zero-order valence-corrected chi connectivity index (χ0v) is 19.2. The van der Waals surface area contributed by atoms with Crippen LogP contribution in [0.4, 0.5) is 5.69 Å². The third-order valence-electron chi connectivity index (χ3n) is 5.33. The fourth-order valence-electron chi connectivity index (χ4n) is 3.56. The summed E-state index contributed by atoms with van der Waals surface area (Å²) < 4.78 is 26.4. The number of carbonyl (C=O) groups excluding carboxylic acids is 1. The Morgan fingerprint density at radius 1 is 1.20 bits per heavy atom. The van der Waals surface area contributed by atoms with Crippen molar-refractivity contribution in [1.29, 1.82) is 0 Å². The Labute approximate surface area is 187 Å². The van der Waals surface area contributed by atoms with E-state index in [0.717, 1.165) is 30.5 Å². The SMILES string of the molecule is CNS(=O)(=O)c1ccc(C)c(NC(=O)[C@H]2CCCN(Cc3ccc(Cl)cc3Cl)C2)c1. The van der Waals surface area contributed by atoms with Crippen LogP contribution in [-0.2, 0) is 21.4 Å². The first-order chi connectivity index (χ1) is 14.2. The van der Waals surface area contributed by atoms with Gasteiger partial charge < -0.3 is 5.32 Å². The molecule has 2 N–H and O–H groups in total. The van der Waals surface area contributed by atoms with Gasteiger partial charge in [0.1, 0.15) is 0 Å². The van der Waals surface area contributed by atoms with Crippen molar-refractivity contribution in [2.75, 3.05) is 25.5 Å². The van der Waals surface area contributed by atoms with Crippen LogP contribution in [0.2, 0.25) is 10.0 Å². The van der Waals surface area contributed by atoms with Gasteiger partial charge in [0, 0.05) is 28.8 Å². The van der Waals surface area contributed by atoms with Crippen LogP contribution in [0, 0.1) is 12.8 Å². The van der Waals surface area contributed by atoms with Gasteiger partial charge >= 0.3 is 0 Å². The molecule has 0 spiro atoms. The molecule has 0 unspecified atom stereocenters. The maximum absolute atomic E-state index is 12.9. The van der Waals surface area contributed by atoms with Gasteiger partial charge in [-0.2, -0.15) is 0 Å². The van der Waals surface area contributed by atoms with E-state index in [9.17, 15) is 13.2 Å². The average Bonchev–Trinajstić information content (AvgIpc) is 2.71. The second kappa shape index (κ2) is 9.66. The van der Waals surface area contributed by atoms with E-state index in [0.29, 0.717) is 28.8 Å². The highest BCUT2D eigenvalue weighted by molar-refractivity contribution is 7.89. The van der Waals surface area contributed by atoms with Gasteiger partial charge in [0.2, 0.25) is 15.9 Å². The van der Waals surface area contributed by atoms with Crippen LogP contribution >= 0.6 is 23.2 Å². The number of sulfonamides is 1. The molecular formula is C21H25Cl2N3O3S. The Bertz CT molecular complexity index is 1040. The molecule has 3 rings (SSSR count). The number of rotatable bonds is 6. The Hall–Kier alpha value is -1.64. The number of nitrogens with one attached hydrogen (secondary N) is 2. The molecule has 6 nitrogen and oxygen atoms in total. The number of halogens is 2. The lowest BCUT2D eigenvalue weighted by Crippen LogP contribution is -2.40. The molecule has 0 radical (unpaired) electrons. The fourth-order valence-corrected chi connectivity index (χ4v) is 4.78. The van der Waals surface area contributed by atoms with Gasteiger partial charge in [-0.15, -0.1) is 0 Å². The number of benzene rings is 2. The molecule has 0 aliphatic carbocycles. The van der Waals surface area contributed by atoms with E-state index in [1.54, 1.807) is 12.1 Å². The largest absolute Gasteiger partial charge is 0.326 e.